The molecule has 0 aromatic carbocycles. The van der Waals surface area contributed by atoms with Crippen molar-refractivity contribution in [3.63, 3.8) is 0 Å². The van der Waals surface area contributed by atoms with Gasteiger partial charge in [-0.05, 0) is 6.92 Å². The molecule has 1 aliphatic heterocycles. The number of nitrogens with zero attached hydrogens (tertiary/aromatic N) is 2. The fourth-order valence-corrected chi connectivity index (χ4v) is 2.11. The van der Waals surface area contributed by atoms with E-state index in [9.17, 15) is 9.90 Å². The molecule has 8 nitrogen and oxygen atoms in total. The Morgan fingerprint density at radius 2 is 2.32 bits per heavy atom. The van der Waals surface area contributed by atoms with Gasteiger partial charge in [0.2, 0.25) is 0 Å². The molecule has 19 heavy (non-hydrogen) atoms. The minimum Gasteiger partial charge on any atom is -0.394 e. The molecule has 1 aromatic heterocycles. The quantitative estimate of drug-likeness (QED) is 0.605. The molecule has 4 N–H and O–H groups in total. The van der Waals surface area contributed by atoms with Crippen molar-refractivity contribution in [1.29, 1.82) is 0 Å². The van der Waals surface area contributed by atoms with Crippen LogP contribution < -0.4 is 11.4 Å². The van der Waals surface area contributed by atoms with Crippen LogP contribution >= 0.6 is 0 Å². The van der Waals surface area contributed by atoms with Gasteiger partial charge in [0.15, 0.2) is 6.23 Å². The summed E-state index contributed by atoms with van der Waals surface area (Å²) in [6.45, 7) is 1.34. The summed E-state index contributed by atoms with van der Waals surface area (Å²) in [7, 11) is 1.40. The van der Waals surface area contributed by atoms with Gasteiger partial charge >= 0.3 is 5.69 Å². The van der Waals surface area contributed by atoms with Crippen LogP contribution in [0.2, 0.25) is 0 Å². The molecule has 1 aliphatic rings. The third-order valence-corrected chi connectivity index (χ3v) is 3.21. The van der Waals surface area contributed by atoms with Crippen LogP contribution in [-0.2, 0) is 9.47 Å². The molecular formula is C11H17N3O5. The Hall–Kier alpha value is -1.48. The van der Waals surface area contributed by atoms with Gasteiger partial charge in [0.25, 0.3) is 0 Å². The normalized spacial score (nSPS) is 30.7. The minimum absolute atomic E-state index is 0.146. The SMILES string of the molecule is CO[C@@H]1[C@H](O)[C@@H](CO)O[C@H]1n1cc(C)c(N)nc1=O. The molecule has 0 radical (unpaired) electrons. The smallest absolute Gasteiger partial charge is 0.351 e. The lowest BCUT2D eigenvalue weighted by molar-refractivity contribution is -0.0625. The molecule has 2 heterocycles. The fraction of sp³-hybridized carbons (Fsp3) is 0.636. The van der Waals surface area contributed by atoms with Gasteiger partial charge in [-0.3, -0.25) is 4.57 Å². The lowest BCUT2D eigenvalue weighted by atomic mass is 10.1. The Kier molecular flexibility index (Phi) is 3.85. The second-order valence-electron chi connectivity index (χ2n) is 4.44. The monoisotopic (exact) mass is 271 g/mol. The number of aromatic nitrogens is 2. The van der Waals surface area contributed by atoms with Gasteiger partial charge in [-0.25, -0.2) is 4.79 Å². The number of aliphatic hydroxyl groups excluding tert-OH is 2. The van der Waals surface area contributed by atoms with E-state index in [1.165, 1.54) is 17.9 Å². The van der Waals surface area contributed by atoms with Crippen LogP contribution in [0.4, 0.5) is 5.82 Å². The zero-order valence-electron chi connectivity index (χ0n) is 10.7. The number of nitrogen functional groups attached to an aromatic ring is 1. The molecule has 0 unspecified atom stereocenters. The molecule has 0 saturated carbocycles. The number of ether oxygens (including phenoxy) is 2. The van der Waals surface area contributed by atoms with Gasteiger partial charge < -0.3 is 25.4 Å². The summed E-state index contributed by atoms with van der Waals surface area (Å²) in [4.78, 5) is 15.5. The largest absolute Gasteiger partial charge is 0.394 e. The molecule has 1 saturated heterocycles. The summed E-state index contributed by atoms with van der Waals surface area (Å²) < 4.78 is 11.8. The van der Waals surface area contributed by atoms with E-state index < -0.39 is 30.2 Å². The maximum atomic E-state index is 11.8. The predicted octanol–water partition coefficient (Wildman–Crippen LogP) is -1.60. The van der Waals surface area contributed by atoms with E-state index in [4.69, 9.17) is 20.3 Å². The first-order valence-electron chi connectivity index (χ1n) is 5.82. The van der Waals surface area contributed by atoms with Crippen LogP contribution in [0.25, 0.3) is 0 Å². The Balaban J connectivity index is 2.41. The Bertz CT molecular complexity index is 518. The molecule has 1 fully saturated rings. The standard InChI is InChI=1S/C11H17N3O5/c1-5-3-14(11(17)13-9(5)12)10-8(18-2)7(16)6(4-15)19-10/h3,6-8,10,15-16H,4H2,1-2H3,(H2,12,13,17)/t6-,7-,8-,10-/m1/s1. The number of anilines is 1. The molecule has 2 rings (SSSR count). The van der Waals surface area contributed by atoms with E-state index in [0.717, 1.165) is 0 Å². The topological polar surface area (TPSA) is 120 Å². The van der Waals surface area contributed by atoms with Gasteiger partial charge in [-0.2, -0.15) is 4.98 Å². The first-order chi connectivity index (χ1) is 8.99. The highest BCUT2D eigenvalue weighted by Crippen LogP contribution is 2.30. The Morgan fingerprint density at radius 1 is 1.63 bits per heavy atom. The number of methoxy groups -OCH3 is 1. The van der Waals surface area contributed by atoms with Gasteiger partial charge in [0, 0.05) is 18.9 Å². The first-order valence-corrected chi connectivity index (χ1v) is 5.82. The van der Waals surface area contributed by atoms with Crippen molar-refractivity contribution in [3.8, 4) is 0 Å². The third kappa shape index (κ3) is 2.35. The minimum atomic E-state index is -1.02. The van der Waals surface area contributed by atoms with Crippen LogP contribution in [0.5, 0.6) is 0 Å². The predicted molar refractivity (Wildman–Crippen MR) is 65.4 cm³/mol. The average Bonchev–Trinajstić information content (AvgIpc) is 2.70. The van der Waals surface area contributed by atoms with E-state index in [2.05, 4.69) is 4.98 Å². The number of rotatable bonds is 3. The van der Waals surface area contributed by atoms with Gasteiger partial charge in [0.05, 0.1) is 6.61 Å². The van der Waals surface area contributed by atoms with E-state index >= 15 is 0 Å². The summed E-state index contributed by atoms with van der Waals surface area (Å²) in [5.74, 6) is 0.146. The molecule has 106 valence electrons. The van der Waals surface area contributed by atoms with E-state index in [1.807, 2.05) is 0 Å². The summed E-state index contributed by atoms with van der Waals surface area (Å²) in [5.41, 5.74) is 5.56. The maximum absolute atomic E-state index is 11.8. The molecule has 0 bridgehead atoms. The van der Waals surface area contributed by atoms with Gasteiger partial charge in [-0.15, -0.1) is 0 Å². The zero-order chi connectivity index (χ0) is 14.2. The highest BCUT2D eigenvalue weighted by atomic mass is 16.6. The van der Waals surface area contributed by atoms with Gasteiger partial charge in [0.1, 0.15) is 24.1 Å². The van der Waals surface area contributed by atoms with Crippen LogP contribution in [0, 0.1) is 6.92 Å². The molecule has 0 amide bonds. The van der Waals surface area contributed by atoms with Crippen LogP contribution in [-0.4, -0.2) is 51.8 Å². The average molecular weight is 271 g/mol. The molecule has 8 heteroatoms. The van der Waals surface area contributed by atoms with Crippen LogP contribution in [0.3, 0.4) is 0 Å². The number of hydrogen-bond donors (Lipinski definition) is 3. The first kappa shape index (κ1) is 13.9. The van der Waals surface area contributed by atoms with Crippen LogP contribution in [0.1, 0.15) is 11.8 Å². The fourth-order valence-electron chi connectivity index (χ4n) is 2.11. The number of aryl methyl sites for hydroxylation is 1. The van der Waals surface area contributed by atoms with Crippen molar-refractivity contribution in [1.82, 2.24) is 9.55 Å². The summed E-state index contributed by atoms with van der Waals surface area (Å²) >= 11 is 0. The molecule has 0 spiro atoms. The molecule has 1 aromatic rings. The van der Waals surface area contributed by atoms with Crippen molar-refractivity contribution >= 4 is 5.82 Å². The third-order valence-electron chi connectivity index (χ3n) is 3.21. The highest BCUT2D eigenvalue weighted by Gasteiger charge is 2.45. The second kappa shape index (κ2) is 5.25. The lowest BCUT2D eigenvalue weighted by Gasteiger charge is -2.20. The van der Waals surface area contributed by atoms with Crippen molar-refractivity contribution in [2.45, 2.75) is 31.5 Å². The maximum Gasteiger partial charge on any atom is 0.351 e. The zero-order valence-corrected chi connectivity index (χ0v) is 10.7. The second-order valence-corrected chi connectivity index (χ2v) is 4.44. The molecule has 4 atom stereocenters. The van der Waals surface area contributed by atoms with Crippen molar-refractivity contribution in [2.24, 2.45) is 0 Å². The van der Waals surface area contributed by atoms with Crippen LogP contribution in [0.15, 0.2) is 11.0 Å². The van der Waals surface area contributed by atoms with E-state index in [0.29, 0.717) is 5.56 Å². The molecule has 0 aliphatic carbocycles. The lowest BCUT2D eigenvalue weighted by Crippen LogP contribution is -2.37. The number of aliphatic hydroxyl groups is 2. The number of hydrogen-bond acceptors (Lipinski definition) is 7. The summed E-state index contributed by atoms with van der Waals surface area (Å²) in [5, 5.41) is 19.0. The summed E-state index contributed by atoms with van der Waals surface area (Å²) in [6.07, 6.45) is -1.95. The Labute approximate surface area is 109 Å². The van der Waals surface area contributed by atoms with Crippen molar-refractivity contribution in [2.75, 3.05) is 19.5 Å². The van der Waals surface area contributed by atoms with E-state index in [1.54, 1.807) is 6.92 Å². The highest BCUT2D eigenvalue weighted by molar-refractivity contribution is 5.35. The van der Waals surface area contributed by atoms with Gasteiger partial charge in [-0.1, -0.05) is 0 Å². The van der Waals surface area contributed by atoms with Crippen molar-refractivity contribution < 1.29 is 19.7 Å². The molecular weight excluding hydrogens is 254 g/mol. The summed E-state index contributed by atoms with van der Waals surface area (Å²) in [6, 6.07) is 0. The number of nitrogens with two attached hydrogens (primary N) is 1. The Morgan fingerprint density at radius 3 is 2.89 bits per heavy atom. The van der Waals surface area contributed by atoms with E-state index in [-0.39, 0.29) is 12.4 Å². The van der Waals surface area contributed by atoms with Crippen molar-refractivity contribution in [3.05, 3.63) is 22.2 Å².